The van der Waals surface area contributed by atoms with Gasteiger partial charge in [-0.25, -0.2) is 4.98 Å². The predicted molar refractivity (Wildman–Crippen MR) is 230 cm³/mol. The molecule has 2 aliphatic rings. The summed E-state index contributed by atoms with van der Waals surface area (Å²) in [6, 6.07) is 15.1. The number of carbonyl (C=O) groups excluding carboxylic acids is 4. The van der Waals surface area contributed by atoms with E-state index < -0.39 is 29.5 Å². The highest BCUT2D eigenvalue weighted by Crippen LogP contribution is 2.35. The Bertz CT molecular complexity index is 2350. The first kappa shape index (κ1) is 42.5. The summed E-state index contributed by atoms with van der Waals surface area (Å²) in [6.45, 7) is 8.33. The van der Waals surface area contributed by atoms with E-state index in [0.29, 0.717) is 55.6 Å². The molecule has 1 saturated heterocycles. The summed E-state index contributed by atoms with van der Waals surface area (Å²) in [5, 5.41) is 39.4. The number of thiazole rings is 1. The molecule has 60 heavy (non-hydrogen) atoms. The number of β-amino-alcohol motifs (C(OH)–C–C–N with tert-alkyl or cyclic N) is 1. The summed E-state index contributed by atoms with van der Waals surface area (Å²) in [7, 11) is 0. The smallest absolute Gasteiger partial charge is 0.246 e. The summed E-state index contributed by atoms with van der Waals surface area (Å²) in [5.74, 6) is -1.07. The third-order valence-electron chi connectivity index (χ3n) is 11.6. The molecule has 0 saturated carbocycles. The first-order valence-corrected chi connectivity index (χ1v) is 21.6. The topological polar surface area (TPSA) is 203 Å². The number of likely N-dealkylation sites (tertiary alicyclic amines) is 1. The molecule has 1 aliphatic heterocycles. The van der Waals surface area contributed by atoms with Gasteiger partial charge in [-0.3, -0.25) is 19.2 Å². The zero-order chi connectivity index (χ0) is 42.6. The monoisotopic (exact) mass is 834 g/mol. The van der Waals surface area contributed by atoms with Gasteiger partial charge in [0, 0.05) is 55.0 Å². The van der Waals surface area contributed by atoms with Gasteiger partial charge < -0.3 is 36.0 Å². The molecular formula is C45H54N8O6S. The largest absolute Gasteiger partial charge is 0.507 e. The number of aromatic hydroxyl groups is 1. The molecule has 4 amide bonds. The maximum atomic E-state index is 14.0. The average Bonchev–Trinajstić information content (AvgIpc) is 3.95. The summed E-state index contributed by atoms with van der Waals surface area (Å²) >= 11 is 1.58. The number of unbranched alkanes of at least 4 members (excludes halogenated alkanes) is 2. The van der Waals surface area contributed by atoms with E-state index in [1.807, 2.05) is 69.6 Å². The van der Waals surface area contributed by atoms with Crippen LogP contribution in [0.5, 0.6) is 5.75 Å². The number of aryl methyl sites for hydroxylation is 2. The summed E-state index contributed by atoms with van der Waals surface area (Å²) in [5.41, 5.74) is 8.04. The fourth-order valence-corrected chi connectivity index (χ4v) is 9.02. The number of aliphatic hydroxyl groups excluding tert-OH is 1. The Kier molecular flexibility index (Phi) is 12.9. The maximum Gasteiger partial charge on any atom is 0.246 e. The summed E-state index contributed by atoms with van der Waals surface area (Å²) in [6.07, 6.45) is 3.46. The molecule has 0 unspecified atom stereocenters. The fraction of sp³-hybridized carbons (Fsp3) is 0.444. The van der Waals surface area contributed by atoms with Crippen molar-refractivity contribution in [1.29, 1.82) is 0 Å². The molecule has 316 valence electrons. The van der Waals surface area contributed by atoms with Crippen LogP contribution in [0.3, 0.4) is 0 Å². The van der Waals surface area contributed by atoms with Gasteiger partial charge in [0.05, 0.1) is 27.9 Å². The van der Waals surface area contributed by atoms with Gasteiger partial charge in [0.2, 0.25) is 23.6 Å². The molecule has 14 nitrogen and oxygen atoms in total. The number of phenols is 1. The Morgan fingerprint density at radius 1 is 1.00 bits per heavy atom. The quantitative estimate of drug-likeness (QED) is 0.0798. The Hall–Kier alpha value is -5.67. The van der Waals surface area contributed by atoms with Crippen LogP contribution >= 0.6 is 11.3 Å². The van der Waals surface area contributed by atoms with Crippen molar-refractivity contribution in [2.24, 2.45) is 11.3 Å². The van der Waals surface area contributed by atoms with Crippen molar-refractivity contribution >= 4 is 46.0 Å². The van der Waals surface area contributed by atoms with Gasteiger partial charge in [-0.1, -0.05) is 63.6 Å². The van der Waals surface area contributed by atoms with E-state index in [2.05, 4.69) is 36.1 Å². The average molecular weight is 835 g/mol. The number of aromatic nitrogens is 4. The number of aliphatic hydroxyl groups is 1. The number of hydrogen-bond donors (Lipinski definition) is 6. The minimum absolute atomic E-state index is 0.00209. The van der Waals surface area contributed by atoms with Crippen LogP contribution in [-0.4, -0.2) is 90.2 Å². The number of rotatable bonds is 14. The molecule has 2 aromatic carbocycles. The molecule has 0 spiro atoms. The fourth-order valence-electron chi connectivity index (χ4n) is 8.21. The molecule has 4 heterocycles. The van der Waals surface area contributed by atoms with E-state index in [1.54, 1.807) is 29.5 Å². The number of amides is 4. The minimum Gasteiger partial charge on any atom is -0.507 e. The third-order valence-corrected chi connectivity index (χ3v) is 12.6. The van der Waals surface area contributed by atoms with Crippen LogP contribution in [0, 0.1) is 18.3 Å². The summed E-state index contributed by atoms with van der Waals surface area (Å²) in [4.78, 5) is 64.1. The Morgan fingerprint density at radius 3 is 2.52 bits per heavy atom. The van der Waals surface area contributed by atoms with Crippen molar-refractivity contribution < 1.29 is 29.4 Å². The number of hydrogen-bond acceptors (Lipinski definition) is 10. The number of nitrogens with one attached hydrogen (secondary N) is 4. The van der Waals surface area contributed by atoms with Crippen LogP contribution in [0.15, 0.2) is 60.1 Å². The van der Waals surface area contributed by atoms with Gasteiger partial charge >= 0.3 is 0 Å². The molecule has 1 aliphatic carbocycles. The van der Waals surface area contributed by atoms with Crippen LogP contribution in [-0.2, 0) is 38.6 Å². The molecule has 0 bridgehead atoms. The van der Waals surface area contributed by atoms with Crippen LogP contribution in [0.25, 0.3) is 32.7 Å². The second kappa shape index (κ2) is 18.3. The van der Waals surface area contributed by atoms with Crippen molar-refractivity contribution in [1.82, 2.24) is 41.0 Å². The van der Waals surface area contributed by atoms with Crippen molar-refractivity contribution in [2.75, 3.05) is 13.1 Å². The SMILES string of the molecule is Cc1ncsc1-c1ccc(CNC(=O)[C@@H]2C[C@@H](O)CN2C(=O)[C@@H](NC(=O)CCCCCNC(=O)[C@H]2CCc3[nH]c4nnc(-c5ccccc5O)cc4c3C2)C(C)(C)C)cc1. The maximum absolute atomic E-state index is 14.0. The first-order chi connectivity index (χ1) is 28.8. The Labute approximate surface area is 353 Å². The molecule has 1 fully saturated rings. The number of carbonyl (C=O) groups is 4. The van der Waals surface area contributed by atoms with E-state index >= 15 is 0 Å². The number of aromatic amines is 1. The van der Waals surface area contributed by atoms with Gasteiger partial charge in [0.1, 0.15) is 17.8 Å². The van der Waals surface area contributed by atoms with Gasteiger partial charge in [-0.15, -0.1) is 21.5 Å². The molecule has 3 aromatic heterocycles. The normalized spacial score (nSPS) is 18.2. The second-order valence-corrected chi connectivity index (χ2v) is 17.9. The van der Waals surface area contributed by atoms with E-state index in [4.69, 9.17) is 0 Å². The van der Waals surface area contributed by atoms with E-state index in [-0.39, 0.29) is 55.3 Å². The number of H-pyrrole nitrogens is 1. The first-order valence-electron chi connectivity index (χ1n) is 20.7. The zero-order valence-corrected chi connectivity index (χ0v) is 35.4. The van der Waals surface area contributed by atoms with Crippen molar-refractivity contribution in [3.8, 4) is 27.4 Å². The third kappa shape index (κ3) is 9.68. The highest BCUT2D eigenvalue weighted by atomic mass is 32.1. The van der Waals surface area contributed by atoms with E-state index in [0.717, 1.165) is 44.8 Å². The lowest BCUT2D eigenvalue weighted by molar-refractivity contribution is -0.144. The molecule has 5 aromatic rings. The van der Waals surface area contributed by atoms with Crippen molar-refractivity contribution in [2.45, 2.75) is 104 Å². The van der Waals surface area contributed by atoms with Crippen LogP contribution in [0.2, 0.25) is 0 Å². The summed E-state index contributed by atoms with van der Waals surface area (Å²) < 4.78 is 0. The van der Waals surface area contributed by atoms with Crippen molar-refractivity contribution in [3.63, 3.8) is 0 Å². The number of benzene rings is 2. The molecule has 0 radical (unpaired) electrons. The Morgan fingerprint density at radius 2 is 1.78 bits per heavy atom. The highest BCUT2D eigenvalue weighted by Gasteiger charge is 2.44. The van der Waals surface area contributed by atoms with Gasteiger partial charge in [-0.2, -0.15) is 0 Å². The number of para-hydroxylation sites is 1. The lowest BCUT2D eigenvalue weighted by Gasteiger charge is -2.35. The number of fused-ring (bicyclic) bond motifs is 3. The molecular weight excluding hydrogens is 781 g/mol. The molecule has 6 N–H and O–H groups in total. The second-order valence-electron chi connectivity index (χ2n) is 17.1. The highest BCUT2D eigenvalue weighted by molar-refractivity contribution is 7.13. The number of phenolic OH excluding ortho intramolecular Hbond substituents is 1. The van der Waals surface area contributed by atoms with Crippen molar-refractivity contribution in [3.05, 3.63) is 82.6 Å². The standard InChI is InChI=1S/C45H54N8O6S/c1-26-39(60-25-48-26)28-15-13-27(14-16-28)23-47-43(58)36-21-30(54)24-53(36)44(59)40(45(2,3)4)50-38(56)12-6-5-9-19-46-42(57)29-17-18-34-32(20-29)33-22-35(51-52-41(33)49-34)31-10-7-8-11-37(31)55/h7-8,10-11,13-16,22,25,29-30,36,40,54-55H,5-6,9,12,17-21,23-24H2,1-4H3,(H,46,57)(H,47,58)(H,49,52)(H,50,56)/t29-,30+,36-,40+/m0/s1. The lowest BCUT2D eigenvalue weighted by Crippen LogP contribution is -2.57. The lowest BCUT2D eigenvalue weighted by atomic mass is 9.85. The molecule has 15 heteroatoms. The zero-order valence-electron chi connectivity index (χ0n) is 34.6. The molecule has 4 atom stereocenters. The number of nitrogens with zero attached hydrogens (tertiary/aromatic N) is 4. The van der Waals surface area contributed by atoms with E-state index in [9.17, 15) is 29.4 Å². The minimum atomic E-state index is -0.898. The van der Waals surface area contributed by atoms with E-state index in [1.165, 1.54) is 4.90 Å². The predicted octanol–water partition coefficient (Wildman–Crippen LogP) is 5.35. The van der Waals surface area contributed by atoms with Crippen LogP contribution in [0.4, 0.5) is 0 Å². The van der Waals surface area contributed by atoms with Crippen LogP contribution < -0.4 is 16.0 Å². The molecule has 7 rings (SSSR count). The van der Waals surface area contributed by atoms with Gasteiger partial charge in [0.15, 0.2) is 5.65 Å². The van der Waals surface area contributed by atoms with Gasteiger partial charge in [-0.05, 0) is 79.3 Å². The Balaban J connectivity index is 0.854. The van der Waals surface area contributed by atoms with Crippen LogP contribution in [0.1, 0.15) is 81.8 Å². The van der Waals surface area contributed by atoms with Gasteiger partial charge in [0.25, 0.3) is 0 Å².